The molecule has 0 bridgehead atoms. The number of methoxy groups -OCH3 is 1. The maximum absolute atomic E-state index is 16.8. The lowest BCUT2D eigenvalue weighted by atomic mass is 9.88. The number of fused-ring (bicyclic) bond motifs is 1. The molecule has 200 valence electrons. The number of imide groups is 1. The second-order valence-corrected chi connectivity index (χ2v) is 10.4. The number of carbonyl (C=O) groups excluding carboxylic acids is 3. The van der Waals surface area contributed by atoms with Crippen molar-refractivity contribution >= 4 is 35.2 Å². The lowest BCUT2D eigenvalue weighted by molar-refractivity contribution is -0.161. The number of hydrogen-bond acceptors (Lipinski definition) is 5. The SMILES string of the molecule is COc1ccc(Cl)cc1[C@]1(F)C(=O)N(C(=O)NC(C)(C)C(=O)OC(C)(C)C)c2cc(C(F)(F)F)ccc21. The highest BCUT2D eigenvalue weighted by Crippen LogP contribution is 2.51. The molecule has 1 heterocycles. The average Bonchev–Trinajstić information content (AvgIpc) is 2.99. The van der Waals surface area contributed by atoms with Gasteiger partial charge in [0.1, 0.15) is 16.9 Å². The first kappa shape index (κ1) is 28.2. The molecule has 2 aromatic carbocycles. The number of ether oxygens (including phenoxy) is 2. The third-order valence-corrected chi connectivity index (χ3v) is 5.73. The number of halogens is 5. The normalized spacial score (nSPS) is 17.9. The van der Waals surface area contributed by atoms with Gasteiger partial charge in [0, 0.05) is 16.1 Å². The molecule has 0 aromatic heterocycles. The summed E-state index contributed by atoms with van der Waals surface area (Å²) in [5, 5.41) is 2.28. The van der Waals surface area contributed by atoms with E-state index >= 15 is 4.39 Å². The predicted molar refractivity (Wildman–Crippen MR) is 127 cm³/mol. The summed E-state index contributed by atoms with van der Waals surface area (Å²) in [4.78, 5) is 39.7. The summed E-state index contributed by atoms with van der Waals surface area (Å²) in [7, 11) is 1.21. The largest absolute Gasteiger partial charge is 0.496 e. The van der Waals surface area contributed by atoms with Gasteiger partial charge < -0.3 is 14.8 Å². The fourth-order valence-electron chi connectivity index (χ4n) is 3.75. The summed E-state index contributed by atoms with van der Waals surface area (Å²) in [5.41, 5.74) is -8.60. The Morgan fingerprint density at radius 1 is 1.00 bits per heavy atom. The highest BCUT2D eigenvalue weighted by molar-refractivity contribution is 6.31. The van der Waals surface area contributed by atoms with Gasteiger partial charge in [-0.05, 0) is 65.0 Å². The maximum atomic E-state index is 16.8. The number of nitrogens with zero attached hydrogens (tertiary/aromatic N) is 1. The number of urea groups is 1. The molecule has 1 atom stereocenters. The van der Waals surface area contributed by atoms with Gasteiger partial charge in [-0.25, -0.2) is 18.9 Å². The molecular weight excluding hydrogens is 520 g/mol. The van der Waals surface area contributed by atoms with Gasteiger partial charge >= 0.3 is 18.2 Å². The first-order chi connectivity index (χ1) is 16.8. The minimum absolute atomic E-state index is 0.0167. The van der Waals surface area contributed by atoms with Crippen molar-refractivity contribution in [1.82, 2.24) is 5.32 Å². The number of alkyl halides is 4. The van der Waals surface area contributed by atoms with Crippen LogP contribution in [0.4, 0.5) is 28.0 Å². The van der Waals surface area contributed by atoms with Crippen LogP contribution in [-0.4, -0.2) is 36.2 Å². The molecule has 0 spiro atoms. The van der Waals surface area contributed by atoms with Crippen molar-refractivity contribution in [3.63, 3.8) is 0 Å². The first-order valence-electron chi connectivity index (χ1n) is 11.0. The van der Waals surface area contributed by atoms with Crippen molar-refractivity contribution in [3.05, 3.63) is 58.1 Å². The first-order valence-corrected chi connectivity index (χ1v) is 11.4. The van der Waals surface area contributed by atoms with Gasteiger partial charge in [0.25, 0.3) is 5.91 Å². The average molecular weight is 545 g/mol. The topological polar surface area (TPSA) is 84.9 Å². The van der Waals surface area contributed by atoms with E-state index in [1.807, 2.05) is 0 Å². The van der Waals surface area contributed by atoms with Gasteiger partial charge in [-0.1, -0.05) is 17.7 Å². The molecule has 37 heavy (non-hydrogen) atoms. The smallest absolute Gasteiger partial charge is 0.416 e. The van der Waals surface area contributed by atoms with Gasteiger partial charge in [-0.2, -0.15) is 13.2 Å². The Morgan fingerprint density at radius 3 is 2.16 bits per heavy atom. The molecule has 0 fully saturated rings. The van der Waals surface area contributed by atoms with Crippen LogP contribution in [0.1, 0.15) is 51.3 Å². The van der Waals surface area contributed by atoms with E-state index in [1.165, 1.54) is 33.1 Å². The Morgan fingerprint density at radius 2 is 1.62 bits per heavy atom. The lowest BCUT2D eigenvalue weighted by Gasteiger charge is -2.30. The van der Waals surface area contributed by atoms with Gasteiger partial charge in [0.05, 0.1) is 18.4 Å². The van der Waals surface area contributed by atoms with Crippen molar-refractivity contribution in [2.24, 2.45) is 0 Å². The van der Waals surface area contributed by atoms with Crippen LogP contribution < -0.4 is 15.0 Å². The van der Waals surface area contributed by atoms with Crippen molar-refractivity contribution in [2.75, 3.05) is 12.0 Å². The second kappa shape index (κ2) is 9.20. The molecule has 1 aliphatic rings. The Hall–Kier alpha value is -3.34. The molecule has 1 aliphatic heterocycles. The highest BCUT2D eigenvalue weighted by Gasteiger charge is 2.57. The van der Waals surface area contributed by atoms with Crippen LogP contribution in [-0.2, 0) is 26.2 Å². The van der Waals surface area contributed by atoms with Crippen molar-refractivity contribution in [3.8, 4) is 5.75 Å². The number of anilines is 1. The zero-order valence-corrected chi connectivity index (χ0v) is 21.6. The number of rotatable bonds is 4. The van der Waals surface area contributed by atoms with E-state index in [9.17, 15) is 27.6 Å². The number of carbonyl (C=O) groups is 3. The Kier molecular flexibility index (Phi) is 7.02. The summed E-state index contributed by atoms with van der Waals surface area (Å²) >= 11 is 6.02. The number of benzene rings is 2. The van der Waals surface area contributed by atoms with Crippen LogP contribution in [0.25, 0.3) is 0 Å². The molecule has 1 N–H and O–H groups in total. The Balaban J connectivity index is 2.17. The maximum Gasteiger partial charge on any atom is 0.416 e. The molecule has 0 saturated carbocycles. The molecule has 3 rings (SSSR count). The Bertz CT molecular complexity index is 1270. The summed E-state index contributed by atoms with van der Waals surface area (Å²) in [6.07, 6.45) is -4.86. The number of hydrogen-bond donors (Lipinski definition) is 1. The van der Waals surface area contributed by atoms with Gasteiger partial charge in [0.2, 0.25) is 5.67 Å². The zero-order valence-electron chi connectivity index (χ0n) is 20.8. The quantitative estimate of drug-likeness (QED) is 0.391. The lowest BCUT2D eigenvalue weighted by Crippen LogP contribution is -2.57. The summed E-state index contributed by atoms with van der Waals surface area (Å²) in [5.74, 6) is -2.52. The van der Waals surface area contributed by atoms with E-state index < -0.39 is 63.3 Å². The van der Waals surface area contributed by atoms with E-state index in [4.69, 9.17) is 21.1 Å². The third kappa shape index (κ3) is 5.22. The number of nitrogens with one attached hydrogen (secondary N) is 1. The van der Waals surface area contributed by atoms with Gasteiger partial charge in [0.15, 0.2) is 0 Å². The molecule has 2 aromatic rings. The van der Waals surface area contributed by atoms with E-state index in [-0.39, 0.29) is 15.7 Å². The molecule has 0 unspecified atom stereocenters. The summed E-state index contributed by atoms with van der Waals surface area (Å²) in [6.45, 7) is 7.33. The predicted octanol–water partition coefficient (Wildman–Crippen LogP) is 5.76. The summed E-state index contributed by atoms with van der Waals surface area (Å²) in [6, 6.07) is 4.28. The molecular formula is C25H25ClF4N2O5. The minimum Gasteiger partial charge on any atom is -0.496 e. The van der Waals surface area contributed by atoms with Crippen molar-refractivity contribution < 1.29 is 41.4 Å². The summed E-state index contributed by atoms with van der Waals surface area (Å²) < 4.78 is 67.8. The molecule has 0 saturated heterocycles. The second-order valence-electron chi connectivity index (χ2n) is 9.93. The van der Waals surface area contributed by atoms with Gasteiger partial charge in [-0.3, -0.25) is 4.79 Å². The number of esters is 1. The van der Waals surface area contributed by atoms with E-state index in [1.54, 1.807) is 20.8 Å². The number of amides is 3. The minimum atomic E-state index is -4.86. The zero-order chi connectivity index (χ0) is 28.1. The van der Waals surface area contributed by atoms with Crippen LogP contribution >= 0.6 is 11.6 Å². The fraction of sp³-hybridized carbons (Fsp3) is 0.400. The monoisotopic (exact) mass is 544 g/mol. The molecule has 0 radical (unpaired) electrons. The molecule has 12 heteroatoms. The standard InChI is InChI=1S/C25H25ClF4N2O5/c1-22(2,3)37-20(34)23(4,5)31-21(35)32-17-11-13(25(28,29)30)7-9-15(17)24(27,19(32)33)16-12-14(26)8-10-18(16)36-6/h7-12H,1-6H3,(H,31,35)/t24-/m0/s1. The Labute approximate surface area is 215 Å². The third-order valence-electron chi connectivity index (χ3n) is 5.50. The highest BCUT2D eigenvalue weighted by atomic mass is 35.5. The molecule has 7 nitrogen and oxygen atoms in total. The van der Waals surface area contributed by atoms with Crippen LogP contribution in [0.15, 0.2) is 36.4 Å². The van der Waals surface area contributed by atoms with Gasteiger partial charge in [-0.15, -0.1) is 0 Å². The van der Waals surface area contributed by atoms with E-state index in [2.05, 4.69) is 5.32 Å². The van der Waals surface area contributed by atoms with Crippen LogP contribution in [0.5, 0.6) is 5.75 Å². The van der Waals surface area contributed by atoms with E-state index in [0.29, 0.717) is 12.1 Å². The molecule has 0 aliphatic carbocycles. The van der Waals surface area contributed by atoms with Crippen LogP contribution in [0, 0.1) is 0 Å². The van der Waals surface area contributed by atoms with Crippen LogP contribution in [0.3, 0.4) is 0 Å². The van der Waals surface area contributed by atoms with Crippen molar-refractivity contribution in [2.45, 2.75) is 57.6 Å². The van der Waals surface area contributed by atoms with Crippen molar-refractivity contribution in [1.29, 1.82) is 0 Å². The van der Waals surface area contributed by atoms with E-state index in [0.717, 1.165) is 12.1 Å². The fourth-order valence-corrected chi connectivity index (χ4v) is 3.93. The molecule has 3 amide bonds. The van der Waals surface area contributed by atoms with Crippen LogP contribution in [0.2, 0.25) is 5.02 Å².